The van der Waals surface area contributed by atoms with Crippen LogP contribution >= 0.6 is 11.6 Å². The summed E-state index contributed by atoms with van der Waals surface area (Å²) in [4.78, 5) is 22.5. The number of carboxylic acid groups (broad SMARTS) is 1. The molecule has 0 saturated carbocycles. The van der Waals surface area contributed by atoms with Crippen LogP contribution in [0.25, 0.3) is 11.3 Å². The molecule has 0 aliphatic rings. The summed E-state index contributed by atoms with van der Waals surface area (Å²) < 4.78 is 5.14. The topological polar surface area (TPSA) is 92.4 Å². The van der Waals surface area contributed by atoms with E-state index in [2.05, 4.69) is 10.5 Å². The number of hydrogen-bond acceptors (Lipinski definition) is 4. The molecule has 0 aliphatic carbocycles. The zero-order valence-corrected chi connectivity index (χ0v) is 12.6. The number of benzene rings is 1. The molecule has 0 aliphatic heterocycles. The average molecular weight is 323 g/mol. The molecule has 1 aromatic heterocycles. The molecule has 0 bridgehead atoms. The van der Waals surface area contributed by atoms with Crippen LogP contribution in [-0.4, -0.2) is 28.7 Å². The summed E-state index contributed by atoms with van der Waals surface area (Å²) in [6.45, 7) is 2.00. The number of carboxylic acids is 1. The van der Waals surface area contributed by atoms with Gasteiger partial charge in [-0.3, -0.25) is 9.59 Å². The third-order valence-corrected chi connectivity index (χ3v) is 3.26. The number of aromatic nitrogens is 1. The minimum atomic E-state index is -0.895. The first kappa shape index (κ1) is 16.0. The largest absolute Gasteiger partial charge is 0.481 e. The summed E-state index contributed by atoms with van der Waals surface area (Å²) in [6, 6.07) is 8.48. The standard InChI is InChI=1S/C15H15ClN2O4/c1-9(6-14(19)20)8-17-15(21)12-7-13(22-18-12)10-2-4-11(16)5-3-10/h2-5,7,9H,6,8H2,1H3,(H,17,21)(H,19,20). The van der Waals surface area contributed by atoms with Crippen molar-refractivity contribution in [2.24, 2.45) is 5.92 Å². The maximum Gasteiger partial charge on any atom is 0.303 e. The number of nitrogens with one attached hydrogen (secondary N) is 1. The van der Waals surface area contributed by atoms with Gasteiger partial charge in [-0.2, -0.15) is 0 Å². The lowest BCUT2D eigenvalue weighted by atomic mass is 10.1. The van der Waals surface area contributed by atoms with Crippen LogP contribution in [0.15, 0.2) is 34.9 Å². The Bertz CT molecular complexity index is 666. The van der Waals surface area contributed by atoms with Crippen LogP contribution in [-0.2, 0) is 4.79 Å². The highest BCUT2D eigenvalue weighted by atomic mass is 35.5. The molecule has 1 aromatic carbocycles. The number of hydrogen-bond donors (Lipinski definition) is 2. The molecule has 1 atom stereocenters. The molecular weight excluding hydrogens is 308 g/mol. The summed E-state index contributed by atoms with van der Waals surface area (Å²) in [5.41, 5.74) is 0.905. The van der Waals surface area contributed by atoms with Crippen molar-refractivity contribution in [2.45, 2.75) is 13.3 Å². The molecule has 0 spiro atoms. The fraction of sp³-hybridized carbons (Fsp3) is 0.267. The van der Waals surface area contributed by atoms with E-state index in [-0.39, 0.29) is 24.6 Å². The van der Waals surface area contributed by atoms with E-state index >= 15 is 0 Å². The van der Waals surface area contributed by atoms with Gasteiger partial charge < -0.3 is 14.9 Å². The van der Waals surface area contributed by atoms with E-state index in [1.54, 1.807) is 31.2 Å². The Balaban J connectivity index is 1.97. The molecule has 0 fully saturated rings. The van der Waals surface area contributed by atoms with E-state index in [1.165, 1.54) is 6.07 Å². The Hall–Kier alpha value is -2.34. The van der Waals surface area contributed by atoms with Crippen molar-refractivity contribution in [3.8, 4) is 11.3 Å². The van der Waals surface area contributed by atoms with Crippen molar-refractivity contribution >= 4 is 23.5 Å². The highest BCUT2D eigenvalue weighted by molar-refractivity contribution is 6.30. The van der Waals surface area contributed by atoms with E-state index in [4.69, 9.17) is 21.2 Å². The van der Waals surface area contributed by atoms with Gasteiger partial charge in [0.1, 0.15) is 0 Å². The molecule has 2 aromatic rings. The number of aliphatic carboxylic acids is 1. The lowest BCUT2D eigenvalue weighted by Gasteiger charge is -2.08. The number of carbonyl (C=O) groups is 2. The van der Waals surface area contributed by atoms with Crippen molar-refractivity contribution in [1.82, 2.24) is 10.5 Å². The van der Waals surface area contributed by atoms with Gasteiger partial charge in [-0.25, -0.2) is 0 Å². The van der Waals surface area contributed by atoms with Crippen LogP contribution in [0.5, 0.6) is 0 Å². The van der Waals surface area contributed by atoms with E-state index in [0.29, 0.717) is 10.8 Å². The van der Waals surface area contributed by atoms with Crippen LogP contribution < -0.4 is 5.32 Å². The quantitative estimate of drug-likeness (QED) is 0.853. The predicted octanol–water partition coefficient (Wildman–Crippen LogP) is 2.84. The van der Waals surface area contributed by atoms with Crippen LogP contribution in [0.4, 0.5) is 0 Å². The van der Waals surface area contributed by atoms with Gasteiger partial charge in [0.05, 0.1) is 0 Å². The van der Waals surface area contributed by atoms with Crippen molar-refractivity contribution in [3.63, 3.8) is 0 Å². The maximum absolute atomic E-state index is 11.9. The third-order valence-electron chi connectivity index (χ3n) is 3.01. The number of halogens is 1. The monoisotopic (exact) mass is 322 g/mol. The molecule has 22 heavy (non-hydrogen) atoms. The highest BCUT2D eigenvalue weighted by Crippen LogP contribution is 2.22. The van der Waals surface area contributed by atoms with Gasteiger partial charge in [0.2, 0.25) is 0 Å². The second kappa shape index (κ2) is 7.09. The molecule has 1 heterocycles. The minimum Gasteiger partial charge on any atom is -0.481 e. The van der Waals surface area contributed by atoms with Crippen molar-refractivity contribution in [2.75, 3.05) is 6.54 Å². The second-order valence-electron chi connectivity index (χ2n) is 5.00. The smallest absolute Gasteiger partial charge is 0.303 e. The van der Waals surface area contributed by atoms with Gasteiger partial charge in [0.25, 0.3) is 5.91 Å². The highest BCUT2D eigenvalue weighted by Gasteiger charge is 2.15. The van der Waals surface area contributed by atoms with Crippen molar-refractivity contribution in [3.05, 3.63) is 41.0 Å². The van der Waals surface area contributed by atoms with Gasteiger partial charge in [0.15, 0.2) is 11.5 Å². The van der Waals surface area contributed by atoms with Crippen molar-refractivity contribution < 1.29 is 19.2 Å². The molecule has 1 unspecified atom stereocenters. The lowest BCUT2D eigenvalue weighted by Crippen LogP contribution is -2.29. The molecule has 6 nitrogen and oxygen atoms in total. The average Bonchev–Trinajstić information content (AvgIpc) is 2.94. The molecule has 0 saturated heterocycles. The van der Waals surface area contributed by atoms with E-state index in [1.807, 2.05) is 0 Å². The fourth-order valence-corrected chi connectivity index (χ4v) is 1.99. The minimum absolute atomic E-state index is 0.00484. The van der Waals surface area contributed by atoms with Crippen molar-refractivity contribution in [1.29, 1.82) is 0 Å². The zero-order valence-electron chi connectivity index (χ0n) is 11.9. The first-order valence-electron chi connectivity index (χ1n) is 6.68. The number of carbonyl (C=O) groups excluding carboxylic acids is 1. The zero-order chi connectivity index (χ0) is 16.1. The Morgan fingerprint density at radius 3 is 2.68 bits per heavy atom. The summed E-state index contributed by atoms with van der Waals surface area (Å²) in [5, 5.41) is 15.6. The van der Waals surface area contributed by atoms with E-state index < -0.39 is 11.9 Å². The lowest BCUT2D eigenvalue weighted by molar-refractivity contribution is -0.137. The number of rotatable bonds is 6. The first-order chi connectivity index (χ1) is 10.5. The Morgan fingerprint density at radius 1 is 1.36 bits per heavy atom. The van der Waals surface area contributed by atoms with Gasteiger partial charge in [-0.1, -0.05) is 23.7 Å². The summed E-state index contributed by atoms with van der Waals surface area (Å²) in [7, 11) is 0. The van der Waals surface area contributed by atoms with Gasteiger partial charge in [-0.05, 0) is 30.2 Å². The summed E-state index contributed by atoms with van der Waals surface area (Å²) >= 11 is 5.81. The molecule has 1 amide bonds. The second-order valence-corrected chi connectivity index (χ2v) is 5.43. The SMILES string of the molecule is CC(CNC(=O)c1cc(-c2ccc(Cl)cc2)on1)CC(=O)O. The maximum atomic E-state index is 11.9. The van der Waals surface area contributed by atoms with E-state index in [9.17, 15) is 9.59 Å². The molecule has 2 N–H and O–H groups in total. The third kappa shape index (κ3) is 4.33. The molecule has 0 radical (unpaired) electrons. The predicted molar refractivity (Wildman–Crippen MR) is 80.7 cm³/mol. The fourth-order valence-electron chi connectivity index (χ4n) is 1.86. The van der Waals surface area contributed by atoms with Gasteiger partial charge >= 0.3 is 5.97 Å². The van der Waals surface area contributed by atoms with Crippen LogP contribution in [0.3, 0.4) is 0 Å². The molecular formula is C15H15ClN2O4. The normalized spacial score (nSPS) is 11.9. The summed E-state index contributed by atoms with van der Waals surface area (Å²) in [5.74, 6) is -1.00. The van der Waals surface area contributed by atoms with Crippen LogP contribution in [0, 0.1) is 5.92 Å². The molecule has 2 rings (SSSR count). The molecule has 7 heteroatoms. The Morgan fingerprint density at radius 2 is 2.05 bits per heavy atom. The van der Waals surface area contributed by atoms with Gasteiger partial charge in [0, 0.05) is 29.6 Å². The van der Waals surface area contributed by atoms with E-state index in [0.717, 1.165) is 5.56 Å². The Kier molecular flexibility index (Phi) is 5.16. The van der Waals surface area contributed by atoms with Gasteiger partial charge in [-0.15, -0.1) is 0 Å². The molecule has 116 valence electrons. The van der Waals surface area contributed by atoms with Crippen LogP contribution in [0.1, 0.15) is 23.8 Å². The number of amides is 1. The first-order valence-corrected chi connectivity index (χ1v) is 7.06. The Labute approximate surface area is 132 Å². The number of nitrogens with zero attached hydrogens (tertiary/aromatic N) is 1. The summed E-state index contributed by atoms with van der Waals surface area (Å²) in [6.07, 6.45) is -0.00484. The van der Waals surface area contributed by atoms with Crippen LogP contribution in [0.2, 0.25) is 5.02 Å².